The number of fused-ring (bicyclic) bond motifs is 1. The van der Waals surface area contributed by atoms with Crippen molar-refractivity contribution in [3.8, 4) is 5.75 Å². The standard InChI is InChI=1S/C20H20N2O5/c1-13(14-6-8-15(9-7-14)26-12-20(24)25)21-18(23)10-11-19-22-16-4-2-3-5-17(16)27-19/h2-9,13H,10-12H2,1H3,(H,21,23)(H,24,25). The molecule has 0 aliphatic carbocycles. The van der Waals surface area contributed by atoms with E-state index in [2.05, 4.69) is 10.3 Å². The van der Waals surface area contributed by atoms with Crippen LogP contribution >= 0.6 is 0 Å². The molecule has 0 aliphatic heterocycles. The van der Waals surface area contributed by atoms with Crippen molar-refractivity contribution >= 4 is 23.0 Å². The van der Waals surface area contributed by atoms with Crippen LogP contribution in [0.1, 0.15) is 30.8 Å². The molecule has 1 heterocycles. The van der Waals surface area contributed by atoms with Gasteiger partial charge in [-0.25, -0.2) is 9.78 Å². The van der Waals surface area contributed by atoms with E-state index in [0.29, 0.717) is 23.6 Å². The third-order valence-corrected chi connectivity index (χ3v) is 4.02. The Morgan fingerprint density at radius 2 is 1.93 bits per heavy atom. The van der Waals surface area contributed by atoms with Crippen LogP contribution < -0.4 is 10.1 Å². The van der Waals surface area contributed by atoms with E-state index in [1.807, 2.05) is 31.2 Å². The van der Waals surface area contributed by atoms with Crippen LogP contribution in [0.4, 0.5) is 0 Å². The number of nitrogens with one attached hydrogen (secondary N) is 1. The first-order valence-corrected chi connectivity index (χ1v) is 8.59. The van der Waals surface area contributed by atoms with E-state index in [-0.39, 0.29) is 25.0 Å². The number of para-hydroxylation sites is 2. The molecule has 7 nitrogen and oxygen atoms in total. The Morgan fingerprint density at radius 1 is 1.19 bits per heavy atom. The van der Waals surface area contributed by atoms with Crippen molar-refractivity contribution < 1.29 is 23.8 Å². The van der Waals surface area contributed by atoms with E-state index >= 15 is 0 Å². The number of rotatable bonds is 8. The average molecular weight is 368 g/mol. The first kappa shape index (κ1) is 18.4. The van der Waals surface area contributed by atoms with Crippen molar-refractivity contribution in [3.63, 3.8) is 0 Å². The summed E-state index contributed by atoms with van der Waals surface area (Å²) in [5, 5.41) is 11.5. The summed E-state index contributed by atoms with van der Waals surface area (Å²) in [6, 6.07) is 14.2. The van der Waals surface area contributed by atoms with Crippen LogP contribution in [0.25, 0.3) is 11.1 Å². The van der Waals surface area contributed by atoms with Gasteiger partial charge >= 0.3 is 5.97 Å². The number of benzene rings is 2. The van der Waals surface area contributed by atoms with Gasteiger partial charge in [0.15, 0.2) is 18.1 Å². The van der Waals surface area contributed by atoms with Crippen LogP contribution in [0, 0.1) is 0 Å². The number of aromatic nitrogens is 1. The smallest absolute Gasteiger partial charge is 0.341 e. The Balaban J connectivity index is 1.50. The summed E-state index contributed by atoms with van der Waals surface area (Å²) in [7, 11) is 0. The molecule has 3 aromatic rings. The van der Waals surface area contributed by atoms with E-state index < -0.39 is 5.97 Å². The molecule has 0 fully saturated rings. The second-order valence-corrected chi connectivity index (χ2v) is 6.12. The second kappa shape index (κ2) is 8.35. The number of carbonyl (C=O) groups excluding carboxylic acids is 1. The lowest BCUT2D eigenvalue weighted by atomic mass is 10.1. The maximum Gasteiger partial charge on any atom is 0.341 e. The molecule has 2 aromatic carbocycles. The fraction of sp³-hybridized carbons (Fsp3) is 0.250. The predicted molar refractivity (Wildman–Crippen MR) is 98.5 cm³/mol. The fourth-order valence-electron chi connectivity index (χ4n) is 2.64. The summed E-state index contributed by atoms with van der Waals surface area (Å²) in [6.07, 6.45) is 0.701. The van der Waals surface area contributed by atoms with Gasteiger partial charge in [0.1, 0.15) is 11.3 Å². The Bertz CT molecular complexity index is 900. The third kappa shape index (κ3) is 5.07. The van der Waals surface area contributed by atoms with Crippen molar-refractivity contribution in [3.05, 3.63) is 60.0 Å². The molecule has 1 atom stereocenters. The van der Waals surface area contributed by atoms with Gasteiger partial charge in [-0.15, -0.1) is 0 Å². The second-order valence-electron chi connectivity index (χ2n) is 6.12. The molecule has 7 heteroatoms. The lowest BCUT2D eigenvalue weighted by Crippen LogP contribution is -2.26. The quantitative estimate of drug-likeness (QED) is 0.633. The summed E-state index contributed by atoms with van der Waals surface area (Å²) >= 11 is 0. The number of aliphatic carboxylic acids is 1. The molecule has 2 N–H and O–H groups in total. The van der Waals surface area contributed by atoms with Crippen LogP contribution in [0.3, 0.4) is 0 Å². The Kier molecular flexibility index (Phi) is 5.71. The van der Waals surface area contributed by atoms with Gasteiger partial charge in [0, 0.05) is 12.8 Å². The monoisotopic (exact) mass is 368 g/mol. The van der Waals surface area contributed by atoms with Crippen LogP contribution in [-0.4, -0.2) is 28.6 Å². The van der Waals surface area contributed by atoms with Crippen molar-refractivity contribution in [2.24, 2.45) is 0 Å². The largest absolute Gasteiger partial charge is 0.482 e. The minimum Gasteiger partial charge on any atom is -0.482 e. The molecule has 0 bridgehead atoms. The highest BCUT2D eigenvalue weighted by Crippen LogP contribution is 2.18. The first-order valence-electron chi connectivity index (χ1n) is 8.59. The SMILES string of the molecule is CC(NC(=O)CCc1nc2ccccc2o1)c1ccc(OCC(=O)O)cc1. The number of hydrogen-bond donors (Lipinski definition) is 2. The molecule has 0 saturated heterocycles. The van der Waals surface area contributed by atoms with Crippen LogP contribution in [0.2, 0.25) is 0 Å². The summed E-state index contributed by atoms with van der Waals surface area (Å²) in [4.78, 5) is 27.0. The Hall–Kier alpha value is -3.35. The molecule has 1 unspecified atom stereocenters. The molecule has 0 saturated carbocycles. The highest BCUT2D eigenvalue weighted by atomic mass is 16.5. The summed E-state index contributed by atoms with van der Waals surface area (Å²) in [6.45, 7) is 1.49. The van der Waals surface area contributed by atoms with Crippen molar-refractivity contribution in [2.75, 3.05) is 6.61 Å². The number of amides is 1. The number of carboxylic acid groups (broad SMARTS) is 1. The molecule has 3 rings (SSSR count). The minimum atomic E-state index is -1.03. The van der Waals surface area contributed by atoms with E-state index in [1.165, 1.54) is 0 Å². The summed E-state index contributed by atoms with van der Waals surface area (Å²) < 4.78 is 10.7. The molecule has 140 valence electrons. The van der Waals surface area contributed by atoms with E-state index in [0.717, 1.165) is 11.1 Å². The van der Waals surface area contributed by atoms with Gasteiger partial charge in [-0.3, -0.25) is 4.79 Å². The van der Waals surface area contributed by atoms with Gasteiger partial charge in [-0.1, -0.05) is 24.3 Å². The minimum absolute atomic E-state index is 0.101. The third-order valence-electron chi connectivity index (χ3n) is 4.02. The Labute approximate surface area is 156 Å². The molecule has 27 heavy (non-hydrogen) atoms. The van der Waals surface area contributed by atoms with Crippen molar-refractivity contribution in [1.29, 1.82) is 0 Å². The maximum absolute atomic E-state index is 12.2. The van der Waals surface area contributed by atoms with Gasteiger partial charge in [0.2, 0.25) is 5.91 Å². The van der Waals surface area contributed by atoms with Gasteiger partial charge < -0.3 is 19.6 Å². The topological polar surface area (TPSA) is 102 Å². The van der Waals surface area contributed by atoms with E-state index in [9.17, 15) is 9.59 Å². The van der Waals surface area contributed by atoms with Gasteiger partial charge in [-0.05, 0) is 36.8 Å². The van der Waals surface area contributed by atoms with Crippen LogP contribution in [-0.2, 0) is 16.0 Å². The fourth-order valence-corrected chi connectivity index (χ4v) is 2.64. The zero-order valence-electron chi connectivity index (χ0n) is 14.8. The van der Waals surface area contributed by atoms with E-state index in [4.69, 9.17) is 14.3 Å². The van der Waals surface area contributed by atoms with Gasteiger partial charge in [0.25, 0.3) is 0 Å². The summed E-state index contributed by atoms with van der Waals surface area (Å²) in [5.41, 5.74) is 2.39. The number of carbonyl (C=O) groups is 2. The van der Waals surface area contributed by atoms with E-state index in [1.54, 1.807) is 24.3 Å². The van der Waals surface area contributed by atoms with Gasteiger partial charge in [0.05, 0.1) is 6.04 Å². The molecule has 1 amide bonds. The maximum atomic E-state index is 12.2. The Morgan fingerprint density at radius 3 is 2.63 bits per heavy atom. The van der Waals surface area contributed by atoms with Crippen molar-refractivity contribution in [1.82, 2.24) is 10.3 Å². The average Bonchev–Trinajstić information content (AvgIpc) is 3.08. The molecule has 1 aromatic heterocycles. The first-order chi connectivity index (χ1) is 13.0. The number of ether oxygens (including phenoxy) is 1. The van der Waals surface area contributed by atoms with Gasteiger partial charge in [-0.2, -0.15) is 0 Å². The molecular weight excluding hydrogens is 348 g/mol. The van der Waals surface area contributed by atoms with Crippen molar-refractivity contribution in [2.45, 2.75) is 25.8 Å². The molecule has 0 spiro atoms. The lowest BCUT2D eigenvalue weighted by molar-refractivity contribution is -0.139. The zero-order valence-corrected chi connectivity index (χ0v) is 14.8. The number of aryl methyl sites for hydroxylation is 1. The van der Waals surface area contributed by atoms with Crippen LogP contribution in [0.15, 0.2) is 52.9 Å². The van der Waals surface area contributed by atoms with Crippen LogP contribution in [0.5, 0.6) is 5.75 Å². The number of hydrogen-bond acceptors (Lipinski definition) is 5. The highest BCUT2D eigenvalue weighted by Gasteiger charge is 2.12. The molecular formula is C20H20N2O5. The number of nitrogens with zero attached hydrogens (tertiary/aromatic N) is 1. The highest BCUT2D eigenvalue weighted by molar-refractivity contribution is 5.77. The number of carboxylic acids is 1. The normalized spacial score (nSPS) is 11.9. The number of oxazole rings is 1. The lowest BCUT2D eigenvalue weighted by Gasteiger charge is -2.14. The predicted octanol–water partition coefficient (Wildman–Crippen LogP) is 3.10. The summed E-state index contributed by atoms with van der Waals surface area (Å²) in [5.74, 6) is -0.121. The molecule has 0 radical (unpaired) electrons. The molecule has 0 aliphatic rings. The zero-order chi connectivity index (χ0) is 19.2.